The third-order valence-corrected chi connectivity index (χ3v) is 7.43. The topological polar surface area (TPSA) is 46.6 Å². The van der Waals surface area contributed by atoms with Gasteiger partial charge in [-0.2, -0.15) is 0 Å². The number of benzene rings is 4. The van der Waals surface area contributed by atoms with E-state index in [1.807, 2.05) is 54.6 Å². The molecule has 4 nitrogen and oxygen atoms in total. The lowest BCUT2D eigenvalue weighted by Gasteiger charge is -2.35. The summed E-state index contributed by atoms with van der Waals surface area (Å²) in [5.74, 6) is -0.261. The number of fused-ring (bicyclic) bond motifs is 1. The Hall–Kier alpha value is -3.67. The summed E-state index contributed by atoms with van der Waals surface area (Å²) in [6.07, 6.45) is 0. The minimum atomic E-state index is -0.477. The number of hydrogen-bond donors (Lipinski definition) is 0. The summed E-state index contributed by atoms with van der Waals surface area (Å²) in [5, 5.41) is 0.889. The van der Waals surface area contributed by atoms with Crippen molar-refractivity contribution >= 4 is 23.6 Å². The highest BCUT2D eigenvalue weighted by Crippen LogP contribution is 2.48. The number of carbonyl (C=O) groups is 2. The number of rotatable bonds is 8. The van der Waals surface area contributed by atoms with Gasteiger partial charge in [-0.15, -0.1) is 16.8 Å². The number of hydrogen-bond acceptors (Lipinski definition) is 4. The van der Waals surface area contributed by atoms with Crippen LogP contribution >= 0.6 is 11.8 Å². The maximum Gasteiger partial charge on any atom is 0.285 e. The zero-order chi connectivity index (χ0) is 23.4. The monoisotopic (exact) mass is 465 g/mol. The van der Waals surface area contributed by atoms with Crippen molar-refractivity contribution in [3.8, 4) is 0 Å². The first-order valence-electron chi connectivity index (χ1n) is 11.1. The third-order valence-electron chi connectivity index (χ3n) is 5.92. The zero-order valence-electron chi connectivity index (χ0n) is 18.5. The van der Waals surface area contributed by atoms with Gasteiger partial charge in [-0.25, -0.2) is 0 Å². The zero-order valence-corrected chi connectivity index (χ0v) is 19.3. The molecule has 1 heterocycles. The van der Waals surface area contributed by atoms with E-state index in [0.29, 0.717) is 16.9 Å². The van der Waals surface area contributed by atoms with Crippen LogP contribution in [0.3, 0.4) is 0 Å². The van der Waals surface area contributed by atoms with E-state index in [1.165, 1.54) is 0 Å². The number of imide groups is 1. The number of amides is 2. The van der Waals surface area contributed by atoms with Gasteiger partial charge in [0.05, 0.1) is 22.5 Å². The van der Waals surface area contributed by atoms with Gasteiger partial charge in [0, 0.05) is 5.75 Å². The molecule has 0 aromatic heterocycles. The Kier molecular flexibility index (Phi) is 6.30. The van der Waals surface area contributed by atoms with Crippen LogP contribution < -0.4 is 0 Å². The van der Waals surface area contributed by atoms with Crippen molar-refractivity contribution in [1.82, 2.24) is 5.06 Å². The van der Waals surface area contributed by atoms with E-state index in [2.05, 4.69) is 36.4 Å². The van der Waals surface area contributed by atoms with Crippen molar-refractivity contribution < 1.29 is 14.4 Å². The molecule has 1 aliphatic heterocycles. The molecular formula is C29H23NO3S. The first-order chi connectivity index (χ1) is 16.7. The third kappa shape index (κ3) is 3.94. The fourth-order valence-corrected chi connectivity index (χ4v) is 5.75. The van der Waals surface area contributed by atoms with E-state index in [9.17, 15) is 9.59 Å². The predicted molar refractivity (Wildman–Crippen MR) is 135 cm³/mol. The van der Waals surface area contributed by atoms with Crippen LogP contribution in [-0.2, 0) is 9.58 Å². The summed E-state index contributed by atoms with van der Waals surface area (Å²) in [5.41, 5.74) is 4.22. The Morgan fingerprint density at radius 2 is 0.971 bits per heavy atom. The van der Waals surface area contributed by atoms with Crippen LogP contribution in [0.15, 0.2) is 115 Å². The van der Waals surface area contributed by atoms with Gasteiger partial charge in [-0.1, -0.05) is 103 Å². The molecule has 0 bridgehead atoms. The van der Waals surface area contributed by atoms with Crippen molar-refractivity contribution in [3.05, 3.63) is 143 Å². The lowest BCUT2D eigenvalue weighted by atomic mass is 9.84. The molecule has 2 amide bonds. The Balaban J connectivity index is 1.42. The van der Waals surface area contributed by atoms with Crippen LogP contribution in [0.2, 0.25) is 0 Å². The average Bonchev–Trinajstić information content (AvgIpc) is 3.15. The Bertz CT molecular complexity index is 1160. The number of nitrogens with zero attached hydrogens (tertiary/aromatic N) is 1. The van der Waals surface area contributed by atoms with E-state index in [0.717, 1.165) is 21.8 Å². The van der Waals surface area contributed by atoms with E-state index in [-0.39, 0.29) is 6.61 Å². The minimum absolute atomic E-state index is 0.213. The molecule has 34 heavy (non-hydrogen) atoms. The molecule has 0 saturated carbocycles. The molecule has 5 rings (SSSR count). The van der Waals surface area contributed by atoms with Crippen molar-refractivity contribution in [2.24, 2.45) is 0 Å². The van der Waals surface area contributed by atoms with Crippen molar-refractivity contribution in [3.63, 3.8) is 0 Å². The Morgan fingerprint density at radius 1 is 0.588 bits per heavy atom. The van der Waals surface area contributed by atoms with Crippen molar-refractivity contribution in [2.45, 2.75) is 4.75 Å². The van der Waals surface area contributed by atoms with Gasteiger partial charge in [0.2, 0.25) is 0 Å². The minimum Gasteiger partial charge on any atom is -0.266 e. The van der Waals surface area contributed by atoms with Gasteiger partial charge in [0.1, 0.15) is 0 Å². The second-order valence-corrected chi connectivity index (χ2v) is 9.22. The molecule has 0 radical (unpaired) electrons. The maximum atomic E-state index is 12.6. The van der Waals surface area contributed by atoms with Gasteiger partial charge in [-0.3, -0.25) is 14.4 Å². The van der Waals surface area contributed by atoms with Crippen molar-refractivity contribution in [2.75, 3.05) is 12.4 Å². The van der Waals surface area contributed by atoms with Crippen LogP contribution in [-0.4, -0.2) is 29.2 Å². The summed E-state index contributed by atoms with van der Waals surface area (Å²) in [4.78, 5) is 31.0. The van der Waals surface area contributed by atoms with Gasteiger partial charge < -0.3 is 0 Å². The maximum absolute atomic E-state index is 12.6. The lowest BCUT2D eigenvalue weighted by molar-refractivity contribution is -0.0853. The first kappa shape index (κ1) is 22.1. The molecule has 0 spiro atoms. The smallest absolute Gasteiger partial charge is 0.266 e. The quantitative estimate of drug-likeness (QED) is 0.184. The molecule has 0 atom stereocenters. The van der Waals surface area contributed by atoms with Crippen LogP contribution in [0.5, 0.6) is 0 Å². The van der Waals surface area contributed by atoms with Gasteiger partial charge in [-0.05, 0) is 28.8 Å². The molecule has 0 unspecified atom stereocenters. The van der Waals surface area contributed by atoms with Crippen LogP contribution in [0.4, 0.5) is 0 Å². The molecule has 0 aliphatic carbocycles. The van der Waals surface area contributed by atoms with Crippen LogP contribution in [0, 0.1) is 0 Å². The number of thioether (sulfide) groups is 1. The number of carbonyl (C=O) groups excluding carboxylic acids is 2. The molecule has 0 saturated heterocycles. The summed E-state index contributed by atoms with van der Waals surface area (Å²) in [6.45, 7) is 0.213. The van der Waals surface area contributed by atoms with Crippen molar-refractivity contribution in [1.29, 1.82) is 0 Å². The van der Waals surface area contributed by atoms with Gasteiger partial charge in [0.15, 0.2) is 0 Å². The lowest BCUT2D eigenvalue weighted by Crippen LogP contribution is -2.32. The first-order valence-corrected chi connectivity index (χ1v) is 12.1. The molecule has 0 N–H and O–H groups in total. The Labute approximate surface area is 203 Å². The Morgan fingerprint density at radius 3 is 1.38 bits per heavy atom. The highest BCUT2D eigenvalue weighted by molar-refractivity contribution is 8.00. The summed E-state index contributed by atoms with van der Waals surface area (Å²) < 4.78 is -0.477. The second kappa shape index (κ2) is 9.67. The molecule has 4 aromatic carbocycles. The van der Waals surface area contributed by atoms with E-state index < -0.39 is 16.6 Å². The highest BCUT2D eigenvalue weighted by atomic mass is 32.2. The molecular weight excluding hydrogens is 442 g/mol. The summed E-state index contributed by atoms with van der Waals surface area (Å²) in [7, 11) is 0. The largest absolute Gasteiger partial charge is 0.285 e. The highest BCUT2D eigenvalue weighted by Gasteiger charge is 2.38. The molecule has 0 fully saturated rings. The predicted octanol–water partition coefficient (Wildman–Crippen LogP) is 5.94. The number of hydroxylamine groups is 2. The standard InChI is InChI=1S/C29H23NO3S/c31-27-25-18-10-11-19-26(25)28(32)30(27)33-20-21-34-29(22-12-4-1-5-13-22,23-14-6-2-7-15-23)24-16-8-3-9-17-24/h1-19H,20-21H2. The normalized spacial score (nSPS) is 13.2. The molecule has 5 heteroatoms. The van der Waals surface area contributed by atoms with E-state index in [4.69, 9.17) is 4.84 Å². The SMILES string of the molecule is O=C1c2ccccc2C(=O)N1OCCSC(c1ccccc1)(c1ccccc1)c1ccccc1. The molecule has 1 aliphatic rings. The van der Waals surface area contributed by atoms with Crippen LogP contribution in [0.1, 0.15) is 37.4 Å². The van der Waals surface area contributed by atoms with E-state index >= 15 is 0 Å². The average molecular weight is 466 g/mol. The second-order valence-electron chi connectivity index (χ2n) is 7.91. The van der Waals surface area contributed by atoms with Crippen LogP contribution in [0.25, 0.3) is 0 Å². The molecule has 4 aromatic rings. The molecule has 168 valence electrons. The van der Waals surface area contributed by atoms with E-state index in [1.54, 1.807) is 36.0 Å². The fraction of sp³-hybridized carbons (Fsp3) is 0.103. The summed E-state index contributed by atoms with van der Waals surface area (Å²) in [6, 6.07) is 37.9. The summed E-state index contributed by atoms with van der Waals surface area (Å²) >= 11 is 1.72. The van der Waals surface area contributed by atoms with Gasteiger partial charge >= 0.3 is 0 Å². The fourth-order valence-electron chi connectivity index (χ4n) is 4.38. The van der Waals surface area contributed by atoms with Gasteiger partial charge in [0.25, 0.3) is 11.8 Å².